The van der Waals surface area contributed by atoms with E-state index in [9.17, 15) is 4.79 Å². The fourth-order valence-electron chi connectivity index (χ4n) is 3.31. The molecule has 2 aromatic heterocycles. The molecule has 8 nitrogen and oxygen atoms in total. The van der Waals surface area contributed by atoms with Crippen molar-refractivity contribution in [1.29, 1.82) is 0 Å². The van der Waals surface area contributed by atoms with Crippen LogP contribution in [0, 0.1) is 0 Å². The van der Waals surface area contributed by atoms with Crippen LogP contribution in [0.25, 0.3) is 0 Å². The van der Waals surface area contributed by atoms with E-state index < -0.39 is 0 Å². The van der Waals surface area contributed by atoms with Crippen LogP contribution in [0.15, 0.2) is 16.9 Å². The van der Waals surface area contributed by atoms with Gasteiger partial charge in [-0.1, -0.05) is 5.16 Å². The Labute approximate surface area is 146 Å². The van der Waals surface area contributed by atoms with E-state index in [0.29, 0.717) is 17.3 Å². The zero-order chi connectivity index (χ0) is 17.2. The number of aromatic nitrogens is 3. The number of carbonyl (C=O) groups is 1. The van der Waals surface area contributed by atoms with Gasteiger partial charge in [-0.05, 0) is 26.3 Å². The molecule has 0 unspecified atom stereocenters. The van der Waals surface area contributed by atoms with Gasteiger partial charge in [-0.25, -0.2) is 9.97 Å². The minimum Gasteiger partial charge on any atom is -0.360 e. The Morgan fingerprint density at radius 2 is 1.84 bits per heavy atom. The number of nitrogens with zero attached hydrogens (tertiary/aromatic N) is 5. The third-order valence-electron chi connectivity index (χ3n) is 4.85. The smallest absolute Gasteiger partial charge is 0.278 e. The highest BCUT2D eigenvalue weighted by Gasteiger charge is 2.24. The van der Waals surface area contributed by atoms with E-state index in [-0.39, 0.29) is 5.91 Å². The molecule has 25 heavy (non-hydrogen) atoms. The van der Waals surface area contributed by atoms with Crippen LogP contribution in [0.1, 0.15) is 34.7 Å². The fraction of sp³-hybridized carbons (Fsp3) is 0.529. The number of aryl methyl sites for hydroxylation is 1. The average Bonchev–Trinajstić information content (AvgIpc) is 3.07. The van der Waals surface area contributed by atoms with Gasteiger partial charge in [0.1, 0.15) is 5.76 Å². The summed E-state index contributed by atoms with van der Waals surface area (Å²) in [6.07, 6.45) is 7.15. The molecule has 0 atom stereocenters. The molecule has 0 aromatic carbocycles. The minimum atomic E-state index is -0.261. The molecule has 1 fully saturated rings. The number of hydrogen-bond acceptors (Lipinski definition) is 7. The van der Waals surface area contributed by atoms with Crippen molar-refractivity contribution in [3.63, 3.8) is 0 Å². The lowest BCUT2D eigenvalue weighted by Crippen LogP contribution is -2.45. The third kappa shape index (κ3) is 3.34. The molecule has 8 heteroatoms. The lowest BCUT2D eigenvalue weighted by Gasteiger charge is -2.32. The van der Waals surface area contributed by atoms with E-state index in [1.54, 1.807) is 12.4 Å². The number of anilines is 2. The molecule has 0 radical (unpaired) electrons. The SMILES string of the molecule is CN1CCN(c2ncc(NC(=O)c3noc4c3CCCC4)cn2)CC1. The van der Waals surface area contributed by atoms with E-state index >= 15 is 0 Å². The van der Waals surface area contributed by atoms with Crippen LogP contribution in [-0.2, 0) is 12.8 Å². The predicted octanol–water partition coefficient (Wildman–Crippen LogP) is 1.35. The van der Waals surface area contributed by atoms with Crippen molar-refractivity contribution in [2.45, 2.75) is 25.7 Å². The zero-order valence-electron chi connectivity index (χ0n) is 14.4. The van der Waals surface area contributed by atoms with Crippen molar-refractivity contribution >= 4 is 17.5 Å². The average molecular weight is 342 g/mol. The van der Waals surface area contributed by atoms with Crippen molar-refractivity contribution in [3.8, 4) is 0 Å². The van der Waals surface area contributed by atoms with Crippen LogP contribution in [0.4, 0.5) is 11.6 Å². The Morgan fingerprint density at radius 1 is 1.12 bits per heavy atom. The molecule has 0 bridgehead atoms. The topological polar surface area (TPSA) is 87.4 Å². The molecule has 2 aromatic rings. The minimum absolute atomic E-state index is 0.261. The van der Waals surface area contributed by atoms with Crippen LogP contribution in [0.5, 0.6) is 0 Å². The molecule has 1 aliphatic carbocycles. The summed E-state index contributed by atoms with van der Waals surface area (Å²) in [6, 6.07) is 0. The Hall–Kier alpha value is -2.48. The Bertz CT molecular complexity index is 749. The summed E-state index contributed by atoms with van der Waals surface area (Å²) in [5.74, 6) is 1.28. The standard InChI is InChI=1S/C17H22N6O2/c1-22-6-8-23(9-7-22)17-18-10-12(11-19-17)20-16(24)15-13-4-2-3-5-14(13)25-21-15/h10-11H,2-9H2,1H3,(H,20,24). The first kappa shape index (κ1) is 16.0. The predicted molar refractivity (Wildman–Crippen MR) is 92.8 cm³/mol. The highest BCUT2D eigenvalue weighted by molar-refractivity contribution is 6.03. The summed E-state index contributed by atoms with van der Waals surface area (Å²) >= 11 is 0. The molecular formula is C17H22N6O2. The van der Waals surface area contributed by atoms with Gasteiger partial charge in [0, 0.05) is 38.2 Å². The number of nitrogens with one attached hydrogen (secondary N) is 1. The van der Waals surface area contributed by atoms with Crippen molar-refractivity contribution in [1.82, 2.24) is 20.0 Å². The second kappa shape index (κ2) is 6.79. The molecule has 132 valence electrons. The Kier molecular flexibility index (Phi) is 4.35. The van der Waals surface area contributed by atoms with Gasteiger partial charge in [0.25, 0.3) is 5.91 Å². The van der Waals surface area contributed by atoms with Crippen LogP contribution in [0.3, 0.4) is 0 Å². The fourth-order valence-corrected chi connectivity index (χ4v) is 3.31. The van der Waals surface area contributed by atoms with Crippen molar-refractivity contribution in [2.75, 3.05) is 43.4 Å². The van der Waals surface area contributed by atoms with Gasteiger partial charge in [-0.2, -0.15) is 0 Å². The van der Waals surface area contributed by atoms with Crippen LogP contribution in [0.2, 0.25) is 0 Å². The first-order chi connectivity index (χ1) is 12.2. The maximum atomic E-state index is 12.5. The molecular weight excluding hydrogens is 320 g/mol. The van der Waals surface area contributed by atoms with Gasteiger partial charge in [0.05, 0.1) is 18.1 Å². The monoisotopic (exact) mass is 342 g/mol. The summed E-state index contributed by atoms with van der Waals surface area (Å²) in [6.45, 7) is 3.82. The molecule has 0 saturated carbocycles. The first-order valence-corrected chi connectivity index (χ1v) is 8.75. The van der Waals surface area contributed by atoms with Crippen molar-refractivity contribution in [3.05, 3.63) is 29.4 Å². The normalized spacial score (nSPS) is 18.0. The number of likely N-dealkylation sites (N-methyl/N-ethyl adjacent to an activating group) is 1. The lowest BCUT2D eigenvalue weighted by molar-refractivity contribution is 0.101. The van der Waals surface area contributed by atoms with Crippen LogP contribution in [-0.4, -0.2) is 59.2 Å². The lowest BCUT2D eigenvalue weighted by atomic mass is 9.96. The van der Waals surface area contributed by atoms with Gasteiger partial charge in [-0.15, -0.1) is 0 Å². The number of piperazine rings is 1. The van der Waals surface area contributed by atoms with Gasteiger partial charge in [-0.3, -0.25) is 4.79 Å². The summed E-state index contributed by atoms with van der Waals surface area (Å²) in [5, 5.41) is 6.77. The second-order valence-corrected chi connectivity index (χ2v) is 6.66. The maximum absolute atomic E-state index is 12.5. The van der Waals surface area contributed by atoms with E-state index in [1.165, 1.54) is 0 Å². The quantitative estimate of drug-likeness (QED) is 0.901. The number of fused-ring (bicyclic) bond motifs is 1. The summed E-state index contributed by atoms with van der Waals surface area (Å²) in [7, 11) is 2.11. The van der Waals surface area contributed by atoms with Crippen molar-refractivity contribution in [2.24, 2.45) is 0 Å². The summed E-state index contributed by atoms with van der Waals surface area (Å²) in [5.41, 5.74) is 1.90. The molecule has 1 saturated heterocycles. The van der Waals surface area contributed by atoms with Crippen LogP contribution >= 0.6 is 0 Å². The third-order valence-corrected chi connectivity index (χ3v) is 4.85. The van der Waals surface area contributed by atoms with Crippen molar-refractivity contribution < 1.29 is 9.32 Å². The molecule has 2 aliphatic rings. The maximum Gasteiger partial charge on any atom is 0.278 e. The molecule has 4 rings (SSSR count). The number of carbonyl (C=O) groups excluding carboxylic acids is 1. The zero-order valence-corrected chi connectivity index (χ0v) is 14.4. The van der Waals surface area contributed by atoms with Crippen LogP contribution < -0.4 is 10.2 Å². The molecule has 3 heterocycles. The van der Waals surface area contributed by atoms with E-state index in [0.717, 1.165) is 63.2 Å². The second-order valence-electron chi connectivity index (χ2n) is 6.66. The van der Waals surface area contributed by atoms with Gasteiger partial charge >= 0.3 is 0 Å². The van der Waals surface area contributed by atoms with E-state index in [4.69, 9.17) is 4.52 Å². The number of rotatable bonds is 3. The first-order valence-electron chi connectivity index (χ1n) is 8.75. The highest BCUT2D eigenvalue weighted by atomic mass is 16.5. The summed E-state index contributed by atoms with van der Waals surface area (Å²) < 4.78 is 5.30. The molecule has 0 spiro atoms. The highest BCUT2D eigenvalue weighted by Crippen LogP contribution is 2.24. The molecule has 1 aliphatic heterocycles. The number of amides is 1. The molecule has 1 N–H and O–H groups in total. The van der Waals surface area contributed by atoms with Gasteiger partial charge in [0.15, 0.2) is 5.69 Å². The Morgan fingerprint density at radius 3 is 2.60 bits per heavy atom. The van der Waals surface area contributed by atoms with E-state index in [1.807, 2.05) is 0 Å². The Balaban J connectivity index is 1.42. The van der Waals surface area contributed by atoms with Gasteiger partial charge in [0.2, 0.25) is 5.95 Å². The molecule has 1 amide bonds. The van der Waals surface area contributed by atoms with E-state index in [2.05, 4.69) is 37.3 Å². The number of hydrogen-bond donors (Lipinski definition) is 1. The van der Waals surface area contributed by atoms with Gasteiger partial charge < -0.3 is 19.6 Å². The largest absolute Gasteiger partial charge is 0.360 e. The summed E-state index contributed by atoms with van der Waals surface area (Å²) in [4.78, 5) is 25.7.